The molecule has 14 heavy (non-hydrogen) atoms. The Morgan fingerprint density at radius 3 is 2.43 bits per heavy atom. The maximum atomic E-state index is 12.0. The third-order valence-electron chi connectivity index (χ3n) is 3.00. The average Bonchev–Trinajstić information content (AvgIpc) is 2.71. The maximum Gasteiger partial charge on any atom is 0.162 e. The monoisotopic (exact) mass is 191 g/mol. The molecule has 0 bridgehead atoms. The average molecular weight is 191 g/mol. The number of nitriles is 1. The molecule has 0 unspecified atom stereocenters. The maximum absolute atomic E-state index is 12.0. The van der Waals surface area contributed by atoms with E-state index in [9.17, 15) is 4.79 Å². The van der Waals surface area contributed by atoms with Crippen LogP contribution in [0.4, 0.5) is 0 Å². The van der Waals surface area contributed by atoms with Gasteiger partial charge in [0, 0.05) is 17.1 Å². The normalized spacial score (nSPS) is 18.9. The van der Waals surface area contributed by atoms with Crippen LogP contribution in [0.3, 0.4) is 0 Å². The van der Waals surface area contributed by atoms with Gasteiger partial charge >= 0.3 is 0 Å². The Hall–Kier alpha value is -1.10. The zero-order valence-electron chi connectivity index (χ0n) is 8.97. The summed E-state index contributed by atoms with van der Waals surface area (Å²) in [6.07, 6.45) is 5.05. The molecule has 1 aliphatic carbocycles. The summed E-state index contributed by atoms with van der Waals surface area (Å²) in [5.74, 6) is 0.428. The van der Waals surface area contributed by atoms with Crippen LogP contribution in [-0.2, 0) is 4.79 Å². The number of hydrogen-bond acceptors (Lipinski definition) is 2. The van der Waals surface area contributed by atoms with E-state index in [0.29, 0.717) is 12.0 Å². The molecule has 1 saturated carbocycles. The summed E-state index contributed by atoms with van der Waals surface area (Å²) in [6.45, 7) is 3.69. The molecule has 1 rings (SSSR count). The van der Waals surface area contributed by atoms with Crippen molar-refractivity contribution in [2.24, 2.45) is 5.92 Å². The van der Waals surface area contributed by atoms with Gasteiger partial charge in [-0.05, 0) is 26.2 Å². The highest BCUT2D eigenvalue weighted by atomic mass is 16.1. The van der Waals surface area contributed by atoms with E-state index in [4.69, 9.17) is 5.26 Å². The van der Waals surface area contributed by atoms with Crippen molar-refractivity contribution in [3.63, 3.8) is 0 Å². The van der Waals surface area contributed by atoms with Gasteiger partial charge in [0.2, 0.25) is 0 Å². The molecule has 0 N–H and O–H groups in total. The van der Waals surface area contributed by atoms with Crippen molar-refractivity contribution >= 4 is 5.78 Å². The largest absolute Gasteiger partial charge is 0.294 e. The van der Waals surface area contributed by atoms with E-state index in [1.54, 1.807) is 6.92 Å². The lowest BCUT2D eigenvalue weighted by molar-refractivity contribution is -0.119. The Labute approximate surface area is 85.6 Å². The third kappa shape index (κ3) is 2.23. The van der Waals surface area contributed by atoms with Gasteiger partial charge in [-0.3, -0.25) is 4.79 Å². The number of carbonyl (C=O) groups is 1. The number of allylic oxidation sites excluding steroid dienone is 2. The smallest absolute Gasteiger partial charge is 0.162 e. The lowest BCUT2D eigenvalue weighted by Crippen LogP contribution is -2.14. The number of carbonyl (C=O) groups excluding carboxylic acids is 1. The van der Waals surface area contributed by atoms with Crippen LogP contribution in [0.1, 0.15) is 46.0 Å². The van der Waals surface area contributed by atoms with Crippen LogP contribution < -0.4 is 0 Å². The van der Waals surface area contributed by atoms with Crippen molar-refractivity contribution < 1.29 is 4.79 Å². The predicted molar refractivity (Wildman–Crippen MR) is 55.6 cm³/mol. The van der Waals surface area contributed by atoms with E-state index in [2.05, 4.69) is 6.07 Å². The van der Waals surface area contributed by atoms with Gasteiger partial charge in [-0.2, -0.15) is 5.26 Å². The number of nitrogens with zero attached hydrogens (tertiary/aromatic N) is 1. The van der Waals surface area contributed by atoms with Gasteiger partial charge in [0.1, 0.15) is 0 Å². The van der Waals surface area contributed by atoms with Crippen LogP contribution in [0.2, 0.25) is 0 Å². The summed E-state index contributed by atoms with van der Waals surface area (Å²) in [7, 11) is 0. The number of rotatable bonds is 3. The summed E-state index contributed by atoms with van der Waals surface area (Å²) in [4.78, 5) is 12.0. The van der Waals surface area contributed by atoms with Gasteiger partial charge in [-0.15, -0.1) is 0 Å². The molecular formula is C12H17NO. The Kier molecular flexibility index (Phi) is 3.88. The first-order valence-corrected chi connectivity index (χ1v) is 5.34. The zero-order valence-corrected chi connectivity index (χ0v) is 8.97. The number of ketones is 1. The van der Waals surface area contributed by atoms with E-state index in [-0.39, 0.29) is 11.7 Å². The van der Waals surface area contributed by atoms with Crippen LogP contribution >= 0.6 is 0 Å². The van der Waals surface area contributed by atoms with Gasteiger partial charge in [0.05, 0.1) is 6.07 Å². The molecular weight excluding hydrogens is 174 g/mol. The fraction of sp³-hybridized carbons (Fsp3) is 0.667. The fourth-order valence-electron chi connectivity index (χ4n) is 2.13. The van der Waals surface area contributed by atoms with Crippen LogP contribution in [0.5, 0.6) is 0 Å². The van der Waals surface area contributed by atoms with Crippen LogP contribution in [0.25, 0.3) is 0 Å². The lowest BCUT2D eigenvalue weighted by atomic mass is 9.92. The van der Waals surface area contributed by atoms with Crippen molar-refractivity contribution in [1.82, 2.24) is 0 Å². The van der Waals surface area contributed by atoms with E-state index in [1.807, 2.05) is 6.92 Å². The summed E-state index contributed by atoms with van der Waals surface area (Å²) in [5, 5.41) is 8.77. The topological polar surface area (TPSA) is 40.9 Å². The molecule has 0 heterocycles. The lowest BCUT2D eigenvalue weighted by Gasteiger charge is -2.10. The minimum atomic E-state index is 0.202. The molecule has 0 aromatic rings. The standard InChI is InChI=1S/C12H17NO/c1-3-11(9(2)8-13)12(14)10-6-4-5-7-10/h10H,3-7H2,1-2H3. The van der Waals surface area contributed by atoms with Gasteiger partial charge in [-0.1, -0.05) is 19.8 Å². The molecule has 2 heteroatoms. The summed E-state index contributed by atoms with van der Waals surface area (Å²) in [5.41, 5.74) is 1.35. The van der Waals surface area contributed by atoms with Crippen molar-refractivity contribution in [3.05, 3.63) is 11.1 Å². The molecule has 0 aliphatic heterocycles. The van der Waals surface area contributed by atoms with E-state index < -0.39 is 0 Å². The fourth-order valence-corrected chi connectivity index (χ4v) is 2.13. The highest BCUT2D eigenvalue weighted by Crippen LogP contribution is 2.29. The van der Waals surface area contributed by atoms with Gasteiger partial charge < -0.3 is 0 Å². The first-order chi connectivity index (χ1) is 6.70. The molecule has 2 nitrogen and oxygen atoms in total. The third-order valence-corrected chi connectivity index (χ3v) is 3.00. The van der Waals surface area contributed by atoms with Crippen molar-refractivity contribution in [1.29, 1.82) is 5.26 Å². The van der Waals surface area contributed by atoms with Gasteiger partial charge in [0.25, 0.3) is 0 Å². The minimum Gasteiger partial charge on any atom is -0.294 e. The second-order valence-electron chi connectivity index (χ2n) is 3.91. The summed E-state index contributed by atoms with van der Waals surface area (Å²) >= 11 is 0. The quantitative estimate of drug-likeness (QED) is 0.508. The molecule has 76 valence electrons. The molecule has 0 radical (unpaired) electrons. The minimum absolute atomic E-state index is 0.202. The number of Topliss-reactive ketones (excluding diaryl/α,β-unsaturated/α-hetero) is 1. The Balaban J connectivity index is 2.80. The van der Waals surface area contributed by atoms with Gasteiger partial charge in [0.15, 0.2) is 5.78 Å². The SMILES string of the molecule is CCC(C(=O)C1CCCC1)=C(C)C#N. The molecule has 0 atom stereocenters. The molecule has 0 aromatic heterocycles. The zero-order chi connectivity index (χ0) is 10.6. The van der Waals surface area contributed by atoms with Crippen LogP contribution in [0.15, 0.2) is 11.1 Å². The molecule has 1 fully saturated rings. The highest BCUT2D eigenvalue weighted by Gasteiger charge is 2.25. The number of hydrogen-bond donors (Lipinski definition) is 0. The molecule has 0 aromatic carbocycles. The van der Waals surface area contributed by atoms with E-state index in [0.717, 1.165) is 18.4 Å². The first kappa shape index (κ1) is 11.0. The van der Waals surface area contributed by atoms with Gasteiger partial charge in [-0.25, -0.2) is 0 Å². The Morgan fingerprint density at radius 2 is 2.00 bits per heavy atom. The van der Waals surface area contributed by atoms with Crippen molar-refractivity contribution in [3.8, 4) is 6.07 Å². The summed E-state index contributed by atoms with van der Waals surface area (Å²) < 4.78 is 0. The predicted octanol–water partition coefficient (Wildman–Crippen LogP) is 3.00. The van der Waals surface area contributed by atoms with E-state index >= 15 is 0 Å². The Bertz CT molecular complexity index is 290. The molecule has 0 saturated heterocycles. The second-order valence-corrected chi connectivity index (χ2v) is 3.91. The van der Waals surface area contributed by atoms with Crippen LogP contribution in [0, 0.1) is 17.2 Å². The highest BCUT2D eigenvalue weighted by molar-refractivity contribution is 5.98. The van der Waals surface area contributed by atoms with Crippen LogP contribution in [-0.4, -0.2) is 5.78 Å². The summed E-state index contributed by atoms with van der Waals surface area (Å²) in [6, 6.07) is 2.08. The first-order valence-electron chi connectivity index (χ1n) is 5.34. The van der Waals surface area contributed by atoms with E-state index in [1.165, 1.54) is 12.8 Å². The second kappa shape index (κ2) is 4.95. The van der Waals surface area contributed by atoms with Crippen molar-refractivity contribution in [2.45, 2.75) is 46.0 Å². The Morgan fingerprint density at radius 1 is 1.43 bits per heavy atom. The van der Waals surface area contributed by atoms with Crippen molar-refractivity contribution in [2.75, 3.05) is 0 Å². The molecule has 0 amide bonds. The molecule has 1 aliphatic rings. The molecule has 0 spiro atoms.